The number of nitrogens with zero attached hydrogens (tertiary/aromatic N) is 1. The summed E-state index contributed by atoms with van der Waals surface area (Å²) >= 11 is 0. The van der Waals surface area contributed by atoms with Crippen LogP contribution in [0.2, 0.25) is 0 Å². The Hall–Kier alpha value is -1.39. The second-order valence-electron chi connectivity index (χ2n) is 5.45. The van der Waals surface area contributed by atoms with Crippen LogP contribution in [0.4, 0.5) is 0 Å². The summed E-state index contributed by atoms with van der Waals surface area (Å²) in [6.45, 7) is 3.15. The minimum Gasteiger partial charge on any atom is -0.393 e. The summed E-state index contributed by atoms with van der Waals surface area (Å²) in [4.78, 5) is 14.4. The third kappa shape index (κ3) is 3.38. The van der Waals surface area contributed by atoms with E-state index in [0.29, 0.717) is 6.54 Å². The lowest BCUT2D eigenvalue weighted by molar-refractivity contribution is -0.145. The maximum absolute atomic E-state index is 12.6. The summed E-state index contributed by atoms with van der Waals surface area (Å²) < 4.78 is 5.39. The number of amides is 1. The highest BCUT2D eigenvalue weighted by Gasteiger charge is 2.31. The highest BCUT2D eigenvalue weighted by atomic mass is 16.5. The van der Waals surface area contributed by atoms with Crippen molar-refractivity contribution in [2.24, 2.45) is 5.92 Å². The van der Waals surface area contributed by atoms with Crippen LogP contribution in [-0.4, -0.2) is 42.2 Å². The molecular formula is C16H23NO3. The minimum absolute atomic E-state index is 0.0101. The zero-order chi connectivity index (χ0) is 14.5. The molecule has 0 radical (unpaired) electrons. The first-order valence-corrected chi connectivity index (χ1v) is 7.18. The lowest BCUT2D eigenvalue weighted by atomic mass is 9.93. The monoisotopic (exact) mass is 277 g/mol. The van der Waals surface area contributed by atoms with E-state index in [-0.39, 0.29) is 17.9 Å². The highest BCUT2D eigenvalue weighted by molar-refractivity contribution is 5.82. The van der Waals surface area contributed by atoms with Crippen molar-refractivity contribution in [2.75, 3.05) is 20.2 Å². The van der Waals surface area contributed by atoms with Gasteiger partial charge in [-0.1, -0.05) is 30.3 Å². The van der Waals surface area contributed by atoms with Crippen molar-refractivity contribution >= 4 is 5.91 Å². The van der Waals surface area contributed by atoms with E-state index in [1.54, 1.807) is 14.0 Å². The van der Waals surface area contributed by atoms with Gasteiger partial charge < -0.3 is 14.7 Å². The van der Waals surface area contributed by atoms with Gasteiger partial charge in [0.05, 0.1) is 6.10 Å². The van der Waals surface area contributed by atoms with E-state index in [1.807, 2.05) is 35.2 Å². The van der Waals surface area contributed by atoms with Crippen LogP contribution in [0.1, 0.15) is 31.4 Å². The van der Waals surface area contributed by atoms with Crippen molar-refractivity contribution in [3.8, 4) is 0 Å². The molecule has 3 unspecified atom stereocenters. The van der Waals surface area contributed by atoms with Crippen molar-refractivity contribution in [3.05, 3.63) is 35.9 Å². The van der Waals surface area contributed by atoms with Crippen LogP contribution in [0.5, 0.6) is 0 Å². The Morgan fingerprint density at radius 2 is 2.10 bits per heavy atom. The van der Waals surface area contributed by atoms with Crippen molar-refractivity contribution in [1.82, 2.24) is 4.90 Å². The lowest BCUT2D eigenvalue weighted by Crippen LogP contribution is -2.45. The molecule has 1 aliphatic rings. The summed E-state index contributed by atoms with van der Waals surface area (Å²) in [6, 6.07) is 9.54. The Kier molecular flexibility index (Phi) is 5.15. The van der Waals surface area contributed by atoms with Gasteiger partial charge in [-0.2, -0.15) is 0 Å². The molecule has 1 N–H and O–H groups in total. The Bertz CT molecular complexity index is 433. The summed E-state index contributed by atoms with van der Waals surface area (Å²) in [5, 5.41) is 9.72. The first-order valence-electron chi connectivity index (χ1n) is 7.18. The molecule has 0 bridgehead atoms. The van der Waals surface area contributed by atoms with Crippen LogP contribution >= 0.6 is 0 Å². The van der Waals surface area contributed by atoms with Crippen LogP contribution in [0.3, 0.4) is 0 Å². The third-order valence-electron chi connectivity index (χ3n) is 4.01. The van der Waals surface area contributed by atoms with Gasteiger partial charge in [-0.3, -0.25) is 4.79 Å². The minimum atomic E-state index is -0.552. The number of benzene rings is 1. The molecule has 2 rings (SSSR count). The van der Waals surface area contributed by atoms with Crippen LogP contribution in [0.25, 0.3) is 0 Å². The fourth-order valence-corrected chi connectivity index (χ4v) is 2.78. The SMILES string of the molecule is COC(C(=O)N1CCCC(C(C)O)C1)c1ccccc1. The number of hydrogen-bond donors (Lipinski definition) is 1. The molecule has 4 nitrogen and oxygen atoms in total. The lowest BCUT2D eigenvalue weighted by Gasteiger charge is -2.35. The number of likely N-dealkylation sites (tertiary alicyclic amines) is 1. The maximum atomic E-state index is 12.6. The molecule has 1 aromatic carbocycles. The van der Waals surface area contributed by atoms with Crippen molar-refractivity contribution in [2.45, 2.75) is 32.0 Å². The molecular weight excluding hydrogens is 254 g/mol. The van der Waals surface area contributed by atoms with Gasteiger partial charge in [0, 0.05) is 26.1 Å². The van der Waals surface area contributed by atoms with Gasteiger partial charge in [-0.05, 0) is 25.3 Å². The van der Waals surface area contributed by atoms with Crippen molar-refractivity contribution in [1.29, 1.82) is 0 Å². The Balaban J connectivity index is 2.09. The number of methoxy groups -OCH3 is 1. The van der Waals surface area contributed by atoms with Gasteiger partial charge in [0.25, 0.3) is 5.91 Å². The molecule has 1 aliphatic heterocycles. The number of carbonyl (C=O) groups excluding carboxylic acids is 1. The molecule has 20 heavy (non-hydrogen) atoms. The average Bonchev–Trinajstić information content (AvgIpc) is 2.49. The van der Waals surface area contributed by atoms with Gasteiger partial charge in [0.2, 0.25) is 0 Å². The van der Waals surface area contributed by atoms with Crippen molar-refractivity contribution in [3.63, 3.8) is 0 Å². The normalized spacial score (nSPS) is 22.4. The molecule has 1 heterocycles. The fourth-order valence-electron chi connectivity index (χ4n) is 2.78. The second kappa shape index (κ2) is 6.86. The first-order chi connectivity index (χ1) is 9.63. The molecule has 4 heteroatoms. The first kappa shape index (κ1) is 15.0. The molecule has 0 spiro atoms. The number of hydrogen-bond acceptors (Lipinski definition) is 3. The number of rotatable bonds is 4. The largest absolute Gasteiger partial charge is 0.393 e. The van der Waals surface area contributed by atoms with Gasteiger partial charge in [-0.25, -0.2) is 0 Å². The van der Waals surface area contributed by atoms with E-state index >= 15 is 0 Å². The molecule has 110 valence electrons. The van der Waals surface area contributed by atoms with Gasteiger partial charge in [-0.15, -0.1) is 0 Å². The van der Waals surface area contributed by atoms with Crippen LogP contribution in [0.15, 0.2) is 30.3 Å². The van der Waals surface area contributed by atoms with Crippen LogP contribution in [-0.2, 0) is 9.53 Å². The van der Waals surface area contributed by atoms with E-state index in [9.17, 15) is 9.90 Å². The van der Waals surface area contributed by atoms with Crippen LogP contribution in [0, 0.1) is 5.92 Å². The molecule has 1 fully saturated rings. The summed E-state index contributed by atoms with van der Waals surface area (Å²) in [6.07, 6.45) is 0.990. The predicted octanol–water partition coefficient (Wildman–Crippen LogP) is 1.99. The number of carbonyl (C=O) groups is 1. The Morgan fingerprint density at radius 1 is 1.40 bits per heavy atom. The fraction of sp³-hybridized carbons (Fsp3) is 0.562. The highest BCUT2D eigenvalue weighted by Crippen LogP contribution is 2.25. The molecule has 1 saturated heterocycles. The average molecular weight is 277 g/mol. The van der Waals surface area contributed by atoms with Gasteiger partial charge in [0.15, 0.2) is 6.10 Å². The Labute approximate surface area is 120 Å². The molecule has 0 aromatic heterocycles. The van der Waals surface area contributed by atoms with Gasteiger partial charge >= 0.3 is 0 Å². The summed E-state index contributed by atoms with van der Waals surface area (Å²) in [7, 11) is 1.56. The number of piperidine rings is 1. The zero-order valence-corrected chi connectivity index (χ0v) is 12.2. The zero-order valence-electron chi connectivity index (χ0n) is 12.2. The topological polar surface area (TPSA) is 49.8 Å². The smallest absolute Gasteiger partial charge is 0.256 e. The third-order valence-corrected chi connectivity index (χ3v) is 4.01. The number of ether oxygens (including phenoxy) is 1. The summed E-state index contributed by atoms with van der Waals surface area (Å²) in [5.41, 5.74) is 0.874. The molecule has 0 aliphatic carbocycles. The predicted molar refractivity (Wildman–Crippen MR) is 77.2 cm³/mol. The Morgan fingerprint density at radius 3 is 2.70 bits per heavy atom. The number of aliphatic hydroxyl groups is 1. The van der Waals surface area contributed by atoms with E-state index in [1.165, 1.54) is 0 Å². The molecule has 3 atom stereocenters. The van der Waals surface area contributed by atoms with Crippen LogP contribution < -0.4 is 0 Å². The molecule has 1 amide bonds. The standard InChI is InChI=1S/C16H23NO3/c1-12(18)14-9-6-10-17(11-14)16(19)15(20-2)13-7-4-3-5-8-13/h3-5,7-8,12,14-15,18H,6,9-11H2,1-2H3. The summed E-state index contributed by atoms with van der Waals surface area (Å²) in [5.74, 6) is 0.157. The quantitative estimate of drug-likeness (QED) is 0.915. The maximum Gasteiger partial charge on any atom is 0.256 e. The molecule has 1 aromatic rings. The second-order valence-corrected chi connectivity index (χ2v) is 5.45. The van der Waals surface area contributed by atoms with Gasteiger partial charge in [0.1, 0.15) is 0 Å². The van der Waals surface area contributed by atoms with E-state index in [4.69, 9.17) is 4.74 Å². The van der Waals surface area contributed by atoms with E-state index < -0.39 is 6.10 Å². The molecule has 0 saturated carbocycles. The van der Waals surface area contributed by atoms with E-state index in [2.05, 4.69) is 0 Å². The number of aliphatic hydroxyl groups excluding tert-OH is 1. The van der Waals surface area contributed by atoms with Crippen molar-refractivity contribution < 1.29 is 14.6 Å². The van der Waals surface area contributed by atoms with E-state index in [0.717, 1.165) is 24.9 Å².